The van der Waals surface area contributed by atoms with E-state index in [0.29, 0.717) is 54.0 Å². The summed E-state index contributed by atoms with van der Waals surface area (Å²) < 4.78 is 12.6. The zero-order chi connectivity index (χ0) is 23.7. The second-order valence-electron chi connectivity index (χ2n) is 7.82. The summed E-state index contributed by atoms with van der Waals surface area (Å²) >= 11 is 5.96. The average Bonchev–Trinajstić information content (AvgIpc) is 3.37. The van der Waals surface area contributed by atoms with E-state index in [0.717, 1.165) is 16.9 Å². The highest BCUT2D eigenvalue weighted by atomic mass is 35.5. The van der Waals surface area contributed by atoms with Gasteiger partial charge >= 0.3 is 0 Å². The molecule has 2 aromatic carbocycles. The van der Waals surface area contributed by atoms with Gasteiger partial charge in [0.1, 0.15) is 12.1 Å². The second kappa shape index (κ2) is 9.18. The van der Waals surface area contributed by atoms with Gasteiger partial charge in [0.2, 0.25) is 0 Å². The number of aromatic nitrogens is 4. The fourth-order valence-corrected chi connectivity index (χ4v) is 4.30. The van der Waals surface area contributed by atoms with E-state index in [1.807, 2.05) is 23.1 Å². The molecule has 2 aromatic heterocycles. The normalized spacial score (nSPS) is 13.9. The van der Waals surface area contributed by atoms with E-state index in [1.165, 1.54) is 6.33 Å². The fourth-order valence-electron chi connectivity index (χ4n) is 4.18. The number of rotatable bonds is 5. The van der Waals surface area contributed by atoms with Crippen molar-refractivity contribution in [1.29, 1.82) is 0 Å². The van der Waals surface area contributed by atoms with Crippen LogP contribution in [0.1, 0.15) is 10.4 Å². The van der Waals surface area contributed by atoms with Gasteiger partial charge in [-0.3, -0.25) is 4.79 Å². The molecule has 9 nitrogen and oxygen atoms in total. The lowest BCUT2D eigenvalue weighted by Gasteiger charge is -2.36. The molecule has 1 amide bonds. The Morgan fingerprint density at radius 2 is 1.68 bits per heavy atom. The van der Waals surface area contributed by atoms with Gasteiger partial charge in [-0.25, -0.2) is 4.98 Å². The van der Waals surface area contributed by atoms with Gasteiger partial charge in [-0.05, 0) is 42.0 Å². The number of carbonyl (C=O) groups excluding carboxylic acids is 1. The number of anilines is 1. The monoisotopic (exact) mass is 478 g/mol. The van der Waals surface area contributed by atoms with E-state index in [-0.39, 0.29) is 5.91 Å². The molecule has 5 rings (SSSR count). The van der Waals surface area contributed by atoms with Crippen molar-refractivity contribution in [1.82, 2.24) is 24.5 Å². The highest BCUT2D eigenvalue weighted by Gasteiger charge is 2.26. The van der Waals surface area contributed by atoms with Gasteiger partial charge < -0.3 is 19.3 Å². The minimum absolute atomic E-state index is 0.00272. The predicted molar refractivity (Wildman–Crippen MR) is 129 cm³/mol. The molecule has 0 bridgehead atoms. The van der Waals surface area contributed by atoms with Gasteiger partial charge in [-0.15, -0.1) is 0 Å². The summed E-state index contributed by atoms with van der Waals surface area (Å²) in [5, 5.41) is 5.03. The molecule has 1 aliphatic heterocycles. The molecule has 34 heavy (non-hydrogen) atoms. The molecule has 1 fully saturated rings. The molecule has 0 aliphatic carbocycles. The second-order valence-corrected chi connectivity index (χ2v) is 8.26. The summed E-state index contributed by atoms with van der Waals surface area (Å²) in [4.78, 5) is 25.7. The Labute approximate surface area is 201 Å². The Morgan fingerprint density at radius 1 is 0.941 bits per heavy atom. The molecule has 10 heteroatoms. The zero-order valence-corrected chi connectivity index (χ0v) is 19.6. The van der Waals surface area contributed by atoms with Crippen LogP contribution in [-0.2, 0) is 0 Å². The maximum absolute atomic E-state index is 12.9. The number of carbonyl (C=O) groups is 1. The highest BCUT2D eigenvalue weighted by Crippen LogP contribution is 2.36. The first-order valence-electron chi connectivity index (χ1n) is 10.8. The smallest absolute Gasteiger partial charge is 0.254 e. The Kier molecular flexibility index (Phi) is 5.93. The van der Waals surface area contributed by atoms with Crippen LogP contribution in [0.4, 0.5) is 5.82 Å². The molecule has 174 valence electrons. The minimum atomic E-state index is -0.00272. The molecule has 0 unspecified atom stereocenters. The van der Waals surface area contributed by atoms with Crippen LogP contribution < -0.4 is 14.4 Å². The third-order valence-corrected chi connectivity index (χ3v) is 6.18. The van der Waals surface area contributed by atoms with Crippen molar-refractivity contribution in [2.45, 2.75) is 0 Å². The molecular weight excluding hydrogens is 456 g/mol. The van der Waals surface area contributed by atoms with Gasteiger partial charge in [-0.1, -0.05) is 17.7 Å². The molecule has 0 radical (unpaired) electrons. The van der Waals surface area contributed by atoms with Crippen molar-refractivity contribution in [3.05, 3.63) is 65.6 Å². The van der Waals surface area contributed by atoms with Crippen molar-refractivity contribution in [2.24, 2.45) is 0 Å². The number of hydrogen-bond donors (Lipinski definition) is 0. The van der Waals surface area contributed by atoms with Crippen molar-refractivity contribution < 1.29 is 14.3 Å². The first kappa shape index (κ1) is 22.0. The number of benzene rings is 2. The predicted octanol–water partition coefficient (Wildman–Crippen LogP) is 3.42. The fraction of sp³-hybridized carbons (Fsp3) is 0.250. The summed E-state index contributed by atoms with van der Waals surface area (Å²) in [6, 6.07) is 12.7. The topological polar surface area (TPSA) is 85.1 Å². The van der Waals surface area contributed by atoms with Crippen LogP contribution in [0.25, 0.3) is 16.9 Å². The molecule has 4 aromatic rings. The summed E-state index contributed by atoms with van der Waals surface area (Å²) in [5.74, 6) is 2.66. The number of methoxy groups -OCH3 is 2. The first-order valence-corrected chi connectivity index (χ1v) is 11.2. The van der Waals surface area contributed by atoms with Crippen LogP contribution in [0.2, 0.25) is 5.02 Å². The average molecular weight is 479 g/mol. The summed E-state index contributed by atoms with van der Waals surface area (Å²) in [6.07, 6.45) is 3.29. The van der Waals surface area contributed by atoms with Crippen molar-refractivity contribution >= 4 is 29.1 Å². The van der Waals surface area contributed by atoms with Crippen molar-refractivity contribution in [3.8, 4) is 22.6 Å². The number of amides is 1. The maximum Gasteiger partial charge on any atom is 0.254 e. The standard InChI is InChI=1S/C24H23ClN6O3/c1-33-20-8-5-17(13-21(20)34-2)19-14-26-24-27-15-28-31(24)22(19)29-9-11-30(12-10-29)23(32)16-3-6-18(25)7-4-16/h3-8,13-15H,9-12H2,1-2H3. The Balaban J connectivity index is 1.46. The van der Waals surface area contributed by atoms with Crippen LogP contribution in [0.15, 0.2) is 55.0 Å². The van der Waals surface area contributed by atoms with Crippen LogP contribution in [-0.4, -0.2) is 70.8 Å². The quantitative estimate of drug-likeness (QED) is 0.434. The molecule has 3 heterocycles. The number of piperazine rings is 1. The van der Waals surface area contributed by atoms with Gasteiger partial charge in [0.25, 0.3) is 11.7 Å². The maximum atomic E-state index is 12.9. The summed E-state index contributed by atoms with van der Waals surface area (Å²) in [5.41, 5.74) is 2.43. The summed E-state index contributed by atoms with van der Waals surface area (Å²) in [6.45, 7) is 2.42. The lowest BCUT2D eigenvalue weighted by Crippen LogP contribution is -2.49. The Hall–Kier alpha value is -3.85. The van der Waals surface area contributed by atoms with E-state index in [2.05, 4.69) is 20.0 Å². The summed E-state index contributed by atoms with van der Waals surface area (Å²) in [7, 11) is 3.22. The van der Waals surface area contributed by atoms with E-state index >= 15 is 0 Å². The van der Waals surface area contributed by atoms with Crippen LogP contribution in [0, 0.1) is 0 Å². The molecule has 1 saturated heterocycles. The van der Waals surface area contributed by atoms with Gasteiger partial charge in [0.15, 0.2) is 11.5 Å². The van der Waals surface area contributed by atoms with Gasteiger partial charge in [0, 0.05) is 48.5 Å². The third-order valence-electron chi connectivity index (χ3n) is 5.93. The van der Waals surface area contributed by atoms with Crippen LogP contribution in [0.3, 0.4) is 0 Å². The zero-order valence-electron chi connectivity index (χ0n) is 18.8. The number of hydrogen-bond acceptors (Lipinski definition) is 7. The van der Waals surface area contributed by atoms with Gasteiger partial charge in [0.05, 0.1) is 14.2 Å². The lowest BCUT2D eigenvalue weighted by molar-refractivity contribution is 0.0746. The molecule has 0 N–H and O–H groups in total. The number of nitrogens with zero attached hydrogens (tertiary/aromatic N) is 6. The molecule has 0 atom stereocenters. The van der Waals surface area contributed by atoms with Crippen molar-refractivity contribution in [2.75, 3.05) is 45.3 Å². The van der Waals surface area contributed by atoms with Crippen LogP contribution >= 0.6 is 11.6 Å². The first-order chi connectivity index (χ1) is 16.6. The molecule has 1 aliphatic rings. The number of halogens is 1. The highest BCUT2D eigenvalue weighted by molar-refractivity contribution is 6.30. The SMILES string of the molecule is COc1ccc(-c2cnc3ncnn3c2N2CCN(C(=O)c3ccc(Cl)cc3)CC2)cc1OC. The molecule has 0 spiro atoms. The van der Waals surface area contributed by atoms with E-state index < -0.39 is 0 Å². The lowest BCUT2D eigenvalue weighted by atomic mass is 10.1. The Morgan fingerprint density at radius 3 is 2.38 bits per heavy atom. The third kappa shape index (κ3) is 3.99. The number of ether oxygens (including phenoxy) is 2. The van der Waals surface area contributed by atoms with E-state index in [9.17, 15) is 4.79 Å². The molecular formula is C24H23ClN6O3. The van der Waals surface area contributed by atoms with Gasteiger partial charge in [-0.2, -0.15) is 14.6 Å². The van der Waals surface area contributed by atoms with Crippen molar-refractivity contribution in [3.63, 3.8) is 0 Å². The Bertz CT molecular complexity index is 1330. The minimum Gasteiger partial charge on any atom is -0.493 e. The van der Waals surface area contributed by atoms with Crippen LogP contribution in [0.5, 0.6) is 11.5 Å². The largest absolute Gasteiger partial charge is 0.493 e. The number of fused-ring (bicyclic) bond motifs is 1. The van der Waals surface area contributed by atoms with E-state index in [4.69, 9.17) is 21.1 Å². The molecule has 0 saturated carbocycles. The van der Waals surface area contributed by atoms with E-state index in [1.54, 1.807) is 49.2 Å².